The van der Waals surface area contributed by atoms with Crippen LogP contribution in [-0.4, -0.2) is 12.6 Å². The predicted octanol–water partition coefficient (Wildman–Crippen LogP) is 1.92. The zero-order valence-electron chi connectivity index (χ0n) is 7.72. The molecular weight excluding hydrogens is 136 g/mol. The molecule has 0 amide bonds. The Bertz CT molecular complexity index is 124. The van der Waals surface area contributed by atoms with E-state index < -0.39 is 0 Å². The summed E-state index contributed by atoms with van der Waals surface area (Å²) in [6.07, 6.45) is 2.05. The predicted molar refractivity (Wildman–Crippen MR) is 47.1 cm³/mol. The highest BCUT2D eigenvalue weighted by atomic mass is 14.9. The fraction of sp³-hybridized carbons (Fsp3) is 0.889. The lowest BCUT2D eigenvalue weighted by molar-refractivity contribution is 0.506. The first-order valence-corrected chi connectivity index (χ1v) is 4.33. The number of nitrogens with zero attached hydrogens (tertiary/aromatic N) is 1. The quantitative estimate of drug-likeness (QED) is 0.656. The number of nitriles is 1. The Hall–Kier alpha value is -0.550. The first-order chi connectivity index (χ1) is 5.20. The van der Waals surface area contributed by atoms with Gasteiger partial charge in [0.1, 0.15) is 0 Å². The third-order valence-electron chi connectivity index (χ3n) is 1.68. The molecule has 0 radical (unpaired) electrons. The van der Waals surface area contributed by atoms with Crippen LogP contribution in [0.5, 0.6) is 0 Å². The van der Waals surface area contributed by atoms with E-state index in [-0.39, 0.29) is 6.04 Å². The number of rotatable bonds is 5. The molecule has 0 aromatic carbocycles. The van der Waals surface area contributed by atoms with Crippen molar-refractivity contribution in [3.8, 4) is 6.07 Å². The van der Waals surface area contributed by atoms with Crippen molar-refractivity contribution < 1.29 is 0 Å². The molecule has 0 aliphatic rings. The van der Waals surface area contributed by atoms with Crippen molar-refractivity contribution in [1.29, 1.82) is 5.26 Å². The van der Waals surface area contributed by atoms with Gasteiger partial charge < -0.3 is 5.32 Å². The Morgan fingerprint density at radius 3 is 2.45 bits per heavy atom. The van der Waals surface area contributed by atoms with Crippen molar-refractivity contribution in [2.24, 2.45) is 5.92 Å². The van der Waals surface area contributed by atoms with Crippen LogP contribution in [0.15, 0.2) is 0 Å². The van der Waals surface area contributed by atoms with E-state index in [1.54, 1.807) is 0 Å². The molecule has 1 unspecified atom stereocenters. The minimum Gasteiger partial charge on any atom is -0.302 e. The van der Waals surface area contributed by atoms with E-state index in [1.807, 2.05) is 6.92 Å². The molecule has 0 aliphatic heterocycles. The van der Waals surface area contributed by atoms with Crippen LogP contribution in [-0.2, 0) is 0 Å². The highest BCUT2D eigenvalue weighted by Gasteiger charge is 2.01. The zero-order valence-corrected chi connectivity index (χ0v) is 7.72. The molecule has 1 N–H and O–H groups in total. The highest BCUT2D eigenvalue weighted by Crippen LogP contribution is 1.97. The average molecular weight is 154 g/mol. The Balaban J connectivity index is 3.30. The van der Waals surface area contributed by atoms with E-state index in [2.05, 4.69) is 25.2 Å². The van der Waals surface area contributed by atoms with E-state index in [0.29, 0.717) is 0 Å². The van der Waals surface area contributed by atoms with Crippen molar-refractivity contribution in [3.05, 3.63) is 0 Å². The second-order valence-electron chi connectivity index (χ2n) is 3.23. The van der Waals surface area contributed by atoms with Crippen molar-refractivity contribution in [1.82, 2.24) is 5.32 Å². The Kier molecular flexibility index (Phi) is 5.87. The van der Waals surface area contributed by atoms with Crippen molar-refractivity contribution >= 4 is 0 Å². The molecule has 0 aliphatic carbocycles. The minimum absolute atomic E-state index is 0.0498. The summed E-state index contributed by atoms with van der Waals surface area (Å²) in [6, 6.07) is 2.26. The minimum atomic E-state index is 0.0498. The van der Waals surface area contributed by atoms with Crippen LogP contribution in [0.1, 0.15) is 33.6 Å². The van der Waals surface area contributed by atoms with Crippen LogP contribution in [0.3, 0.4) is 0 Å². The van der Waals surface area contributed by atoms with Gasteiger partial charge in [-0.2, -0.15) is 5.26 Å². The molecule has 0 fully saturated rings. The Morgan fingerprint density at radius 1 is 1.45 bits per heavy atom. The maximum absolute atomic E-state index is 8.58. The SMILES string of the molecule is CCC(C#N)NCCC(C)C. The molecule has 0 spiro atoms. The lowest BCUT2D eigenvalue weighted by atomic mass is 10.1. The largest absolute Gasteiger partial charge is 0.302 e. The van der Waals surface area contributed by atoms with Gasteiger partial charge in [-0.05, 0) is 25.3 Å². The average Bonchev–Trinajstić information content (AvgIpc) is 1.98. The van der Waals surface area contributed by atoms with Crippen LogP contribution < -0.4 is 5.32 Å². The molecule has 0 saturated carbocycles. The lowest BCUT2D eigenvalue weighted by Crippen LogP contribution is -2.28. The second kappa shape index (κ2) is 6.18. The van der Waals surface area contributed by atoms with Gasteiger partial charge in [-0.3, -0.25) is 0 Å². The van der Waals surface area contributed by atoms with Gasteiger partial charge in [-0.1, -0.05) is 20.8 Å². The van der Waals surface area contributed by atoms with Crippen LogP contribution in [0, 0.1) is 17.2 Å². The normalized spacial score (nSPS) is 13.0. The van der Waals surface area contributed by atoms with E-state index >= 15 is 0 Å². The van der Waals surface area contributed by atoms with E-state index in [4.69, 9.17) is 5.26 Å². The van der Waals surface area contributed by atoms with Crippen LogP contribution in [0.25, 0.3) is 0 Å². The molecule has 0 aromatic heterocycles. The molecule has 11 heavy (non-hydrogen) atoms. The fourth-order valence-corrected chi connectivity index (χ4v) is 0.828. The number of hydrogen-bond acceptors (Lipinski definition) is 2. The monoisotopic (exact) mass is 154 g/mol. The van der Waals surface area contributed by atoms with Gasteiger partial charge in [0.05, 0.1) is 12.1 Å². The molecule has 64 valence electrons. The van der Waals surface area contributed by atoms with Gasteiger partial charge in [-0.25, -0.2) is 0 Å². The smallest absolute Gasteiger partial charge is 0.0950 e. The molecule has 0 saturated heterocycles. The third kappa shape index (κ3) is 5.87. The van der Waals surface area contributed by atoms with Crippen LogP contribution in [0.4, 0.5) is 0 Å². The number of nitrogens with one attached hydrogen (secondary N) is 1. The van der Waals surface area contributed by atoms with Gasteiger partial charge in [0.25, 0.3) is 0 Å². The van der Waals surface area contributed by atoms with Crippen LogP contribution in [0.2, 0.25) is 0 Å². The van der Waals surface area contributed by atoms with Crippen LogP contribution >= 0.6 is 0 Å². The summed E-state index contributed by atoms with van der Waals surface area (Å²) < 4.78 is 0. The summed E-state index contributed by atoms with van der Waals surface area (Å²) in [5, 5.41) is 11.8. The maximum atomic E-state index is 8.58. The summed E-state index contributed by atoms with van der Waals surface area (Å²) in [5.41, 5.74) is 0. The van der Waals surface area contributed by atoms with Gasteiger partial charge >= 0.3 is 0 Å². The Morgan fingerprint density at radius 2 is 2.09 bits per heavy atom. The fourth-order valence-electron chi connectivity index (χ4n) is 0.828. The second-order valence-corrected chi connectivity index (χ2v) is 3.23. The van der Waals surface area contributed by atoms with Crippen molar-refractivity contribution in [2.45, 2.75) is 39.7 Å². The van der Waals surface area contributed by atoms with Gasteiger partial charge in [0.15, 0.2) is 0 Å². The molecule has 2 heteroatoms. The summed E-state index contributed by atoms with van der Waals surface area (Å²) >= 11 is 0. The van der Waals surface area contributed by atoms with Crippen molar-refractivity contribution in [3.63, 3.8) is 0 Å². The molecule has 2 nitrogen and oxygen atoms in total. The highest BCUT2D eigenvalue weighted by molar-refractivity contribution is 4.87. The zero-order chi connectivity index (χ0) is 8.69. The Labute approximate surface area is 69.6 Å². The van der Waals surface area contributed by atoms with E-state index in [0.717, 1.165) is 25.3 Å². The summed E-state index contributed by atoms with van der Waals surface area (Å²) in [6.45, 7) is 7.37. The molecule has 0 heterocycles. The first kappa shape index (κ1) is 10.4. The summed E-state index contributed by atoms with van der Waals surface area (Å²) in [4.78, 5) is 0. The molecule has 0 aromatic rings. The molecular formula is C9H18N2. The lowest BCUT2D eigenvalue weighted by Gasteiger charge is -2.09. The maximum Gasteiger partial charge on any atom is 0.0950 e. The topological polar surface area (TPSA) is 35.8 Å². The first-order valence-electron chi connectivity index (χ1n) is 4.33. The third-order valence-corrected chi connectivity index (χ3v) is 1.68. The molecule has 1 atom stereocenters. The van der Waals surface area contributed by atoms with E-state index in [1.165, 1.54) is 0 Å². The molecule has 0 bridgehead atoms. The van der Waals surface area contributed by atoms with Gasteiger partial charge in [-0.15, -0.1) is 0 Å². The summed E-state index contributed by atoms with van der Waals surface area (Å²) in [7, 11) is 0. The standard InChI is InChI=1S/C9H18N2/c1-4-9(7-10)11-6-5-8(2)3/h8-9,11H,4-6H2,1-3H3. The van der Waals surface area contributed by atoms with Gasteiger partial charge in [0, 0.05) is 0 Å². The van der Waals surface area contributed by atoms with E-state index in [9.17, 15) is 0 Å². The van der Waals surface area contributed by atoms with Crippen molar-refractivity contribution in [2.75, 3.05) is 6.54 Å². The summed E-state index contributed by atoms with van der Waals surface area (Å²) in [5.74, 6) is 0.721. The number of hydrogen-bond donors (Lipinski definition) is 1. The molecule has 0 rings (SSSR count). The van der Waals surface area contributed by atoms with Gasteiger partial charge in [0.2, 0.25) is 0 Å².